The van der Waals surface area contributed by atoms with Gasteiger partial charge in [-0.05, 0) is 87.4 Å². The van der Waals surface area contributed by atoms with Crippen molar-refractivity contribution in [3.8, 4) is 5.75 Å². The van der Waals surface area contributed by atoms with Crippen molar-refractivity contribution in [1.29, 1.82) is 0 Å². The smallest absolute Gasteiger partial charge is 0.253 e. The van der Waals surface area contributed by atoms with Gasteiger partial charge in [0.15, 0.2) is 6.29 Å². The predicted molar refractivity (Wildman–Crippen MR) is 209 cm³/mol. The van der Waals surface area contributed by atoms with Crippen LogP contribution in [0.2, 0.25) is 0 Å². The summed E-state index contributed by atoms with van der Waals surface area (Å²) in [6, 6.07) is 13.8. The van der Waals surface area contributed by atoms with Gasteiger partial charge in [-0.15, -0.1) is 0 Å². The summed E-state index contributed by atoms with van der Waals surface area (Å²) in [5.41, 5.74) is 4.31. The van der Waals surface area contributed by atoms with Crippen molar-refractivity contribution < 1.29 is 28.5 Å². The number of carbonyl (C=O) groups excluding carboxylic acids is 2. The van der Waals surface area contributed by atoms with Crippen LogP contribution in [-0.4, -0.2) is 109 Å². The second-order valence-electron chi connectivity index (χ2n) is 13.9. The van der Waals surface area contributed by atoms with Crippen molar-refractivity contribution in [2.75, 3.05) is 90.6 Å². The number of amides is 2. The summed E-state index contributed by atoms with van der Waals surface area (Å²) in [6.45, 7) is 8.80. The quantitative estimate of drug-likeness (QED) is 0.115. The van der Waals surface area contributed by atoms with E-state index < -0.39 is 6.29 Å². The number of rotatable bonds is 21. The van der Waals surface area contributed by atoms with E-state index in [0.717, 1.165) is 55.3 Å². The number of hydrogen-bond acceptors (Lipinski definition) is 11. The van der Waals surface area contributed by atoms with Crippen LogP contribution in [0.25, 0.3) is 0 Å². The molecule has 13 nitrogen and oxygen atoms in total. The van der Waals surface area contributed by atoms with Crippen molar-refractivity contribution in [3.63, 3.8) is 0 Å². The van der Waals surface area contributed by atoms with Gasteiger partial charge in [-0.3, -0.25) is 9.59 Å². The van der Waals surface area contributed by atoms with Gasteiger partial charge < -0.3 is 50.4 Å². The molecule has 1 saturated heterocycles. The van der Waals surface area contributed by atoms with Crippen LogP contribution in [0.1, 0.15) is 73.7 Å². The summed E-state index contributed by atoms with van der Waals surface area (Å²) in [7, 11) is 3.31. The van der Waals surface area contributed by atoms with Crippen LogP contribution in [0, 0.1) is 5.92 Å². The lowest BCUT2D eigenvalue weighted by atomic mass is 9.89. The highest BCUT2D eigenvalue weighted by atomic mass is 16.5. The van der Waals surface area contributed by atoms with Gasteiger partial charge in [0.25, 0.3) is 5.91 Å². The number of allylic oxidation sites excluding steroid dienone is 1. The SMILES string of the molecule is CNC(=O)c1ccccc1NC1=C(C)C=NC(Nc2ccc(C3CCN(CCOCCOCCOCCNC(=O)CC4CCCC4)CC3)cc2OC)N1. The zero-order valence-electron chi connectivity index (χ0n) is 31.7. The molecular formula is C40H59N7O6. The fourth-order valence-electron chi connectivity index (χ4n) is 7.07. The molecular weight excluding hydrogens is 674 g/mol. The summed E-state index contributed by atoms with van der Waals surface area (Å²) >= 11 is 0. The molecule has 5 N–H and O–H groups in total. The Morgan fingerprint density at radius 1 is 0.906 bits per heavy atom. The van der Waals surface area contributed by atoms with Gasteiger partial charge in [-0.25, -0.2) is 4.99 Å². The molecule has 5 rings (SSSR count). The number of benzene rings is 2. The van der Waals surface area contributed by atoms with Gasteiger partial charge >= 0.3 is 0 Å². The molecule has 2 amide bonds. The van der Waals surface area contributed by atoms with Crippen LogP contribution in [0.15, 0.2) is 58.9 Å². The van der Waals surface area contributed by atoms with Gasteiger partial charge in [-0.1, -0.05) is 31.0 Å². The normalized spacial score (nSPS) is 18.1. The molecule has 2 aliphatic heterocycles. The minimum absolute atomic E-state index is 0.142. The van der Waals surface area contributed by atoms with E-state index in [0.29, 0.717) is 75.7 Å². The second-order valence-corrected chi connectivity index (χ2v) is 13.9. The van der Waals surface area contributed by atoms with Gasteiger partial charge in [-0.2, -0.15) is 0 Å². The lowest BCUT2D eigenvalue weighted by molar-refractivity contribution is -0.122. The number of para-hydroxylation sites is 1. The van der Waals surface area contributed by atoms with Crippen molar-refractivity contribution in [2.24, 2.45) is 10.9 Å². The number of piperidine rings is 1. The summed E-state index contributed by atoms with van der Waals surface area (Å²) < 4.78 is 22.8. The van der Waals surface area contributed by atoms with E-state index in [1.54, 1.807) is 20.2 Å². The van der Waals surface area contributed by atoms with Crippen molar-refractivity contribution in [2.45, 2.75) is 64.1 Å². The molecule has 0 spiro atoms. The third-order valence-electron chi connectivity index (χ3n) is 10.1. The number of anilines is 2. The first-order chi connectivity index (χ1) is 25.9. The van der Waals surface area contributed by atoms with E-state index in [9.17, 15) is 9.59 Å². The molecule has 2 aromatic carbocycles. The minimum Gasteiger partial charge on any atom is -0.495 e. The Hall–Kier alpha value is -4.17. The highest BCUT2D eigenvalue weighted by Gasteiger charge is 2.23. The first-order valence-electron chi connectivity index (χ1n) is 19.2. The molecule has 1 saturated carbocycles. The average Bonchev–Trinajstić information content (AvgIpc) is 3.70. The van der Waals surface area contributed by atoms with Crippen LogP contribution >= 0.6 is 0 Å². The largest absolute Gasteiger partial charge is 0.495 e. The Labute approximate surface area is 314 Å². The number of aliphatic imine (C=N–C) groups is 1. The molecule has 1 aliphatic carbocycles. The van der Waals surface area contributed by atoms with Gasteiger partial charge in [0, 0.05) is 38.3 Å². The number of likely N-dealkylation sites (tertiary alicyclic amines) is 1. The summed E-state index contributed by atoms with van der Waals surface area (Å²) in [4.78, 5) is 31.4. The van der Waals surface area contributed by atoms with Crippen molar-refractivity contribution in [3.05, 3.63) is 65.0 Å². The lowest BCUT2D eigenvalue weighted by Gasteiger charge is -2.32. The Bertz CT molecular complexity index is 1520. The topological polar surface area (TPSA) is 147 Å². The van der Waals surface area contributed by atoms with Crippen LogP contribution in [0.3, 0.4) is 0 Å². The standard InChI is InChI=1S/C40H59N7O6/c1-29-28-43-40(46-38(29)44-34-11-7-6-10-33(34)39(49)41-2)45-35-13-12-32(27-36(35)50-3)31-14-17-47(18-15-31)19-21-52-23-25-53-24-22-51-20-16-42-37(48)26-30-8-4-5-9-30/h6-7,10-13,27-28,30-31,40,44-46H,4-5,8-9,14-26H2,1-3H3,(H,41,49)(H,42,48). The Kier molecular flexibility index (Phi) is 16.2. The first kappa shape index (κ1) is 40.0. The van der Waals surface area contributed by atoms with E-state index in [2.05, 4.69) is 54.7 Å². The number of carbonyl (C=O) groups is 2. The number of methoxy groups -OCH3 is 1. The van der Waals surface area contributed by atoms with E-state index in [1.807, 2.05) is 31.3 Å². The van der Waals surface area contributed by atoms with E-state index in [1.165, 1.54) is 31.2 Å². The lowest BCUT2D eigenvalue weighted by Crippen LogP contribution is -2.40. The van der Waals surface area contributed by atoms with E-state index in [-0.39, 0.29) is 11.8 Å². The van der Waals surface area contributed by atoms with E-state index in [4.69, 9.17) is 18.9 Å². The highest BCUT2D eigenvalue weighted by molar-refractivity contribution is 5.99. The summed E-state index contributed by atoms with van der Waals surface area (Å²) in [6.07, 6.45) is 9.09. The maximum Gasteiger partial charge on any atom is 0.253 e. The monoisotopic (exact) mass is 733 g/mol. The first-order valence-corrected chi connectivity index (χ1v) is 19.2. The summed E-state index contributed by atoms with van der Waals surface area (Å²) in [5, 5.41) is 15.9. The Balaban J connectivity index is 0.937. The van der Waals surface area contributed by atoms with Crippen LogP contribution < -0.4 is 31.3 Å². The zero-order chi connectivity index (χ0) is 37.3. The number of hydrogen-bond donors (Lipinski definition) is 5. The molecule has 2 heterocycles. The molecule has 290 valence electrons. The van der Waals surface area contributed by atoms with Crippen LogP contribution in [0.4, 0.5) is 11.4 Å². The Morgan fingerprint density at radius 2 is 1.62 bits per heavy atom. The highest BCUT2D eigenvalue weighted by Crippen LogP contribution is 2.34. The average molecular weight is 734 g/mol. The zero-order valence-corrected chi connectivity index (χ0v) is 31.7. The number of ether oxygens (including phenoxy) is 4. The number of nitrogens with zero attached hydrogens (tertiary/aromatic N) is 2. The molecule has 0 bridgehead atoms. The maximum atomic E-state index is 12.4. The molecule has 1 atom stereocenters. The van der Waals surface area contributed by atoms with Gasteiger partial charge in [0.1, 0.15) is 11.6 Å². The third kappa shape index (κ3) is 12.7. The molecule has 2 aromatic rings. The fraction of sp³-hybridized carbons (Fsp3) is 0.575. The Morgan fingerprint density at radius 3 is 2.36 bits per heavy atom. The van der Waals surface area contributed by atoms with Crippen LogP contribution in [0.5, 0.6) is 5.75 Å². The second kappa shape index (κ2) is 21.5. The fourth-order valence-corrected chi connectivity index (χ4v) is 7.07. The molecule has 1 unspecified atom stereocenters. The van der Waals surface area contributed by atoms with Crippen molar-refractivity contribution in [1.82, 2.24) is 20.9 Å². The van der Waals surface area contributed by atoms with Gasteiger partial charge in [0.05, 0.1) is 63.7 Å². The molecule has 0 radical (unpaired) electrons. The predicted octanol–water partition coefficient (Wildman–Crippen LogP) is 4.69. The molecule has 3 aliphatic rings. The maximum absolute atomic E-state index is 12.4. The van der Waals surface area contributed by atoms with E-state index >= 15 is 0 Å². The molecule has 13 heteroatoms. The third-order valence-corrected chi connectivity index (χ3v) is 10.1. The molecule has 53 heavy (non-hydrogen) atoms. The molecule has 2 fully saturated rings. The molecule has 0 aromatic heterocycles. The number of nitrogens with one attached hydrogen (secondary N) is 5. The minimum atomic E-state index is -0.429. The van der Waals surface area contributed by atoms with Crippen molar-refractivity contribution >= 4 is 29.4 Å². The van der Waals surface area contributed by atoms with Gasteiger partial charge in [0.2, 0.25) is 5.91 Å². The van der Waals surface area contributed by atoms with Crippen LogP contribution in [-0.2, 0) is 19.0 Å². The summed E-state index contributed by atoms with van der Waals surface area (Å²) in [5.74, 6) is 2.56.